The van der Waals surface area contributed by atoms with E-state index >= 15 is 0 Å². The minimum Gasteiger partial charge on any atom is -0.393 e. The van der Waals surface area contributed by atoms with Crippen LogP contribution in [0.25, 0.3) is 0 Å². The van der Waals surface area contributed by atoms with E-state index in [2.05, 4.69) is 38.7 Å². The topological polar surface area (TPSA) is 66.4 Å². The van der Waals surface area contributed by atoms with Crippen LogP contribution in [0.3, 0.4) is 0 Å². The fourth-order valence-electron chi connectivity index (χ4n) is 5.27. The summed E-state index contributed by atoms with van der Waals surface area (Å²) >= 11 is 0. The van der Waals surface area contributed by atoms with Crippen molar-refractivity contribution in [2.75, 3.05) is 33.2 Å². The summed E-state index contributed by atoms with van der Waals surface area (Å²) in [6.07, 6.45) is 1.04. The van der Waals surface area contributed by atoms with Gasteiger partial charge in [-0.1, -0.05) is 56.9 Å². The highest BCUT2D eigenvalue weighted by atomic mass is 28.3. The lowest BCUT2D eigenvalue weighted by molar-refractivity contribution is -0.187. The number of rotatable bonds is 12. The minimum atomic E-state index is -1.11. The van der Waals surface area contributed by atoms with Crippen LogP contribution in [0.4, 0.5) is 0 Å². The van der Waals surface area contributed by atoms with Gasteiger partial charge in [0.25, 0.3) is 0 Å². The van der Waals surface area contributed by atoms with Gasteiger partial charge in [-0.25, -0.2) is 0 Å². The van der Waals surface area contributed by atoms with E-state index in [1.165, 1.54) is 0 Å². The lowest BCUT2D eigenvalue weighted by Gasteiger charge is -2.50. The Morgan fingerprint density at radius 3 is 2.44 bits per heavy atom. The molecule has 5 atom stereocenters. The Morgan fingerprint density at radius 2 is 1.79 bits per heavy atom. The molecule has 1 aliphatic heterocycles. The van der Waals surface area contributed by atoms with Crippen molar-refractivity contribution >= 4 is 8.07 Å². The monoisotopic (exact) mass is 494 g/mol. The molecule has 1 aromatic carbocycles. The van der Waals surface area contributed by atoms with Gasteiger partial charge in [0.15, 0.2) is 5.79 Å². The van der Waals surface area contributed by atoms with Gasteiger partial charge < -0.3 is 28.8 Å². The minimum absolute atomic E-state index is 0.0516. The molecule has 1 saturated carbocycles. The molecule has 34 heavy (non-hydrogen) atoms. The molecular formula is C27H46O6Si. The fourth-order valence-corrected chi connectivity index (χ4v) is 6.03. The Balaban J connectivity index is 1.64. The third-order valence-corrected chi connectivity index (χ3v) is 8.92. The molecule has 1 saturated heterocycles. The highest BCUT2D eigenvalue weighted by molar-refractivity contribution is 6.76. The first kappa shape index (κ1) is 27.8. The number of hydrogen-bond donors (Lipinski definition) is 1. The summed E-state index contributed by atoms with van der Waals surface area (Å²) in [5.41, 5.74) is 0.962. The Labute approximate surface area is 207 Å². The average molecular weight is 495 g/mol. The van der Waals surface area contributed by atoms with Gasteiger partial charge in [0.1, 0.15) is 6.79 Å². The third-order valence-electron chi connectivity index (χ3n) is 7.22. The van der Waals surface area contributed by atoms with Crippen LogP contribution in [0.1, 0.15) is 39.2 Å². The van der Waals surface area contributed by atoms with Gasteiger partial charge in [0, 0.05) is 26.5 Å². The van der Waals surface area contributed by atoms with Crippen molar-refractivity contribution in [3.63, 3.8) is 0 Å². The van der Waals surface area contributed by atoms with Crippen LogP contribution in [-0.4, -0.2) is 64.4 Å². The van der Waals surface area contributed by atoms with Crippen molar-refractivity contribution < 1.29 is 28.8 Å². The summed E-state index contributed by atoms with van der Waals surface area (Å²) in [5, 5.41) is 11.0. The number of hydrogen-bond acceptors (Lipinski definition) is 6. The molecule has 0 aromatic heterocycles. The van der Waals surface area contributed by atoms with Crippen LogP contribution in [0.15, 0.2) is 30.3 Å². The van der Waals surface area contributed by atoms with E-state index in [1.54, 1.807) is 0 Å². The molecule has 0 unspecified atom stereocenters. The molecule has 1 N–H and O–H groups in total. The highest BCUT2D eigenvalue weighted by Gasteiger charge is 2.53. The number of benzene rings is 1. The highest BCUT2D eigenvalue weighted by Crippen LogP contribution is 2.49. The summed E-state index contributed by atoms with van der Waals surface area (Å²) in [6, 6.07) is 11.3. The zero-order valence-electron chi connectivity index (χ0n) is 22.0. The zero-order chi connectivity index (χ0) is 24.8. The van der Waals surface area contributed by atoms with E-state index in [4.69, 9.17) is 23.7 Å². The Hall–Kier alpha value is -0.803. The maximum absolute atomic E-state index is 11.0. The molecule has 7 heteroatoms. The second kappa shape index (κ2) is 12.0. The van der Waals surface area contributed by atoms with Crippen LogP contribution in [0, 0.1) is 17.3 Å². The van der Waals surface area contributed by atoms with E-state index in [0.717, 1.165) is 31.1 Å². The van der Waals surface area contributed by atoms with Gasteiger partial charge in [-0.3, -0.25) is 0 Å². The summed E-state index contributed by atoms with van der Waals surface area (Å²) in [6.45, 7) is 16.3. The zero-order valence-corrected chi connectivity index (χ0v) is 23.0. The van der Waals surface area contributed by atoms with Gasteiger partial charge >= 0.3 is 0 Å². The lowest BCUT2D eigenvalue weighted by Crippen LogP contribution is -2.53. The van der Waals surface area contributed by atoms with Crippen LogP contribution in [-0.2, 0) is 30.3 Å². The molecule has 0 bridgehead atoms. The van der Waals surface area contributed by atoms with Crippen LogP contribution < -0.4 is 0 Å². The van der Waals surface area contributed by atoms with E-state index in [-0.39, 0.29) is 23.4 Å². The molecule has 3 rings (SSSR count). The molecule has 0 radical (unpaired) electrons. The van der Waals surface area contributed by atoms with Crippen molar-refractivity contribution in [3.8, 4) is 0 Å². The predicted octanol–water partition coefficient (Wildman–Crippen LogP) is 5.08. The molecule has 1 aromatic rings. The van der Waals surface area contributed by atoms with Crippen molar-refractivity contribution in [3.05, 3.63) is 35.9 Å². The molecule has 0 spiro atoms. The molecule has 194 valence electrons. The molecule has 2 fully saturated rings. The van der Waals surface area contributed by atoms with Crippen molar-refractivity contribution in [1.29, 1.82) is 0 Å². The smallest absolute Gasteiger partial charge is 0.163 e. The maximum Gasteiger partial charge on any atom is 0.163 e. The van der Waals surface area contributed by atoms with Crippen LogP contribution >= 0.6 is 0 Å². The Morgan fingerprint density at radius 1 is 1.06 bits per heavy atom. The van der Waals surface area contributed by atoms with Gasteiger partial charge in [-0.2, -0.15) is 0 Å². The first-order valence-corrected chi connectivity index (χ1v) is 16.5. The maximum atomic E-state index is 11.0. The first-order valence-electron chi connectivity index (χ1n) is 12.8. The third kappa shape index (κ3) is 8.12. The molecule has 0 amide bonds. The van der Waals surface area contributed by atoms with Crippen LogP contribution in [0.5, 0.6) is 0 Å². The molecule has 1 aliphatic carbocycles. The normalized spacial score (nSPS) is 31.6. The number of aliphatic hydroxyl groups is 1. The second-order valence-electron chi connectivity index (χ2n) is 12.0. The first-order chi connectivity index (χ1) is 16.0. The summed E-state index contributed by atoms with van der Waals surface area (Å²) in [4.78, 5) is 0. The SMILES string of the molecule is CC1(C)OC[C@H]([C@@H]2[C@@H](COCc3ccccc3)[C@@H](O)CC[C@@]2(C)COCOCC[Si](C)(C)C)O1. The number of aliphatic hydroxyl groups excluding tert-OH is 1. The van der Waals surface area contributed by atoms with Gasteiger partial charge in [-0.05, 0) is 43.7 Å². The van der Waals surface area contributed by atoms with E-state index in [0.29, 0.717) is 33.2 Å². The molecule has 2 aliphatic rings. The summed E-state index contributed by atoms with van der Waals surface area (Å²) in [5.74, 6) is -0.623. The standard InChI is InChI=1S/C27H46O6Si/c1-26(2)32-18-24(33-26)25-22(17-30-16-21-10-8-7-9-11-21)23(28)12-13-27(25,3)19-31-20-29-14-15-34(4,5)6/h7-11,22-25,28H,12-20H2,1-6H3/t22-,23-,24+,25-,27-/m0/s1. The van der Waals surface area contributed by atoms with Crippen molar-refractivity contribution in [2.24, 2.45) is 17.3 Å². The summed E-state index contributed by atoms with van der Waals surface area (Å²) < 4.78 is 30.3. The lowest BCUT2D eigenvalue weighted by atomic mass is 9.60. The van der Waals surface area contributed by atoms with E-state index < -0.39 is 20.0 Å². The Bertz CT molecular complexity index is 736. The second-order valence-corrected chi connectivity index (χ2v) is 17.6. The van der Waals surface area contributed by atoms with E-state index in [1.807, 2.05) is 32.0 Å². The fraction of sp³-hybridized carbons (Fsp3) is 0.778. The average Bonchev–Trinajstić information content (AvgIpc) is 3.12. The van der Waals surface area contributed by atoms with E-state index in [9.17, 15) is 5.11 Å². The van der Waals surface area contributed by atoms with Gasteiger partial charge in [0.2, 0.25) is 0 Å². The molecule has 6 nitrogen and oxygen atoms in total. The quantitative estimate of drug-likeness (QED) is 0.248. The summed E-state index contributed by atoms with van der Waals surface area (Å²) in [7, 11) is -1.11. The molecule has 1 heterocycles. The Kier molecular flexibility index (Phi) is 9.77. The van der Waals surface area contributed by atoms with Gasteiger partial charge in [-0.15, -0.1) is 0 Å². The van der Waals surface area contributed by atoms with Crippen molar-refractivity contribution in [1.82, 2.24) is 0 Å². The number of ether oxygens (including phenoxy) is 5. The van der Waals surface area contributed by atoms with Crippen LogP contribution in [0.2, 0.25) is 25.7 Å². The predicted molar refractivity (Wildman–Crippen MR) is 136 cm³/mol. The largest absolute Gasteiger partial charge is 0.393 e. The van der Waals surface area contributed by atoms with Crippen molar-refractivity contribution in [2.45, 2.75) is 83.9 Å². The van der Waals surface area contributed by atoms with Gasteiger partial charge in [0.05, 0.1) is 38.6 Å². The molecular weight excluding hydrogens is 448 g/mol.